The number of hydrogen-bond acceptors (Lipinski definition) is 1. The van der Waals surface area contributed by atoms with Crippen LogP contribution in [0.1, 0.15) is 37.9 Å². The van der Waals surface area contributed by atoms with Gasteiger partial charge in [0.15, 0.2) is 0 Å². The molecule has 1 unspecified atom stereocenters. The maximum atomic E-state index is 6.73. The highest BCUT2D eigenvalue weighted by Crippen LogP contribution is 2.38. The molecule has 4 aromatic carbocycles. The summed E-state index contributed by atoms with van der Waals surface area (Å²) in [6.45, 7) is 2.23. The van der Waals surface area contributed by atoms with Crippen molar-refractivity contribution in [3.05, 3.63) is 90.5 Å². The smallest absolute Gasteiger partial charge is 0.135 e. The number of unbranched alkanes of at least 4 members (excludes halogenated alkanes) is 1. The lowest BCUT2D eigenvalue weighted by Crippen LogP contribution is -2.08. The first kappa shape index (κ1) is 16.7. The number of ether oxygens (including phenoxy) is 1. The van der Waals surface area contributed by atoms with Crippen molar-refractivity contribution in [2.45, 2.75) is 32.3 Å². The van der Waals surface area contributed by atoms with E-state index in [0.29, 0.717) is 0 Å². The highest BCUT2D eigenvalue weighted by atomic mass is 16.5. The second kappa shape index (κ2) is 7.61. The van der Waals surface area contributed by atoms with Crippen LogP contribution in [-0.4, -0.2) is 0 Å². The molecule has 0 aliphatic carbocycles. The summed E-state index contributed by atoms with van der Waals surface area (Å²) in [7, 11) is 0. The summed E-state index contributed by atoms with van der Waals surface area (Å²) >= 11 is 0. The van der Waals surface area contributed by atoms with Crippen LogP contribution in [0.4, 0.5) is 0 Å². The van der Waals surface area contributed by atoms with Gasteiger partial charge < -0.3 is 4.74 Å². The van der Waals surface area contributed by atoms with Gasteiger partial charge in [-0.15, -0.1) is 0 Å². The Balaban J connectivity index is 1.85. The molecule has 0 amide bonds. The zero-order valence-corrected chi connectivity index (χ0v) is 15.2. The van der Waals surface area contributed by atoms with Crippen LogP contribution < -0.4 is 4.74 Å². The third kappa shape index (κ3) is 3.30. The summed E-state index contributed by atoms with van der Waals surface area (Å²) in [6, 6.07) is 29.9. The van der Waals surface area contributed by atoms with E-state index in [0.717, 1.165) is 18.6 Å². The molecule has 26 heavy (non-hydrogen) atoms. The summed E-state index contributed by atoms with van der Waals surface area (Å²) in [4.78, 5) is 0. The van der Waals surface area contributed by atoms with Crippen molar-refractivity contribution < 1.29 is 4.74 Å². The average Bonchev–Trinajstić information content (AvgIpc) is 2.71. The first-order valence-electron chi connectivity index (χ1n) is 9.49. The maximum absolute atomic E-state index is 6.73. The standard InChI is InChI=1S/C25H24O/c1-2-3-17-24(19-11-5-4-6-12-19)26-25-22-15-9-7-13-20(22)18-21-14-8-10-16-23(21)25/h4-16,18,24H,2-3,17H2,1H3. The minimum absolute atomic E-state index is 0.0744. The molecule has 0 radical (unpaired) electrons. The van der Waals surface area contributed by atoms with Crippen LogP contribution in [0.3, 0.4) is 0 Å². The molecular weight excluding hydrogens is 316 g/mol. The second-order valence-corrected chi connectivity index (χ2v) is 6.81. The van der Waals surface area contributed by atoms with Crippen LogP contribution in [0.5, 0.6) is 5.75 Å². The van der Waals surface area contributed by atoms with Gasteiger partial charge in [0.1, 0.15) is 11.9 Å². The van der Waals surface area contributed by atoms with Gasteiger partial charge in [-0.3, -0.25) is 0 Å². The van der Waals surface area contributed by atoms with E-state index in [1.165, 1.54) is 33.5 Å². The largest absolute Gasteiger partial charge is 0.484 e. The van der Waals surface area contributed by atoms with Crippen molar-refractivity contribution in [2.24, 2.45) is 0 Å². The normalized spacial score (nSPS) is 12.3. The quantitative estimate of drug-likeness (QED) is 0.334. The Morgan fingerprint density at radius 3 is 1.92 bits per heavy atom. The van der Waals surface area contributed by atoms with E-state index in [-0.39, 0.29) is 6.10 Å². The Hall–Kier alpha value is -2.80. The minimum Gasteiger partial charge on any atom is -0.484 e. The molecule has 1 nitrogen and oxygen atoms in total. The SMILES string of the molecule is CCCCC(Oc1c2ccccc2cc2ccccc12)c1ccccc1. The van der Waals surface area contributed by atoms with Crippen LogP contribution >= 0.6 is 0 Å². The molecule has 1 heteroatoms. The lowest BCUT2D eigenvalue weighted by atomic mass is 10.0. The van der Waals surface area contributed by atoms with Gasteiger partial charge in [-0.05, 0) is 35.2 Å². The van der Waals surface area contributed by atoms with E-state index in [9.17, 15) is 0 Å². The van der Waals surface area contributed by atoms with E-state index in [4.69, 9.17) is 4.74 Å². The van der Waals surface area contributed by atoms with Crippen LogP contribution in [-0.2, 0) is 0 Å². The highest BCUT2D eigenvalue weighted by Gasteiger charge is 2.16. The Labute approximate surface area is 155 Å². The molecule has 0 saturated heterocycles. The summed E-state index contributed by atoms with van der Waals surface area (Å²) in [6.07, 6.45) is 3.42. The van der Waals surface area contributed by atoms with Crippen molar-refractivity contribution in [2.75, 3.05) is 0 Å². The molecule has 130 valence electrons. The van der Waals surface area contributed by atoms with Gasteiger partial charge in [0.2, 0.25) is 0 Å². The molecule has 0 spiro atoms. The number of fused-ring (bicyclic) bond motifs is 2. The van der Waals surface area contributed by atoms with Crippen LogP contribution in [0.25, 0.3) is 21.5 Å². The van der Waals surface area contributed by atoms with Crippen LogP contribution in [0.2, 0.25) is 0 Å². The van der Waals surface area contributed by atoms with E-state index in [2.05, 4.69) is 91.9 Å². The Bertz CT molecular complexity index is 950. The fourth-order valence-corrected chi connectivity index (χ4v) is 3.59. The molecule has 0 bridgehead atoms. The molecule has 0 aromatic heterocycles. The van der Waals surface area contributed by atoms with Gasteiger partial charge in [0.05, 0.1) is 0 Å². The second-order valence-electron chi connectivity index (χ2n) is 6.81. The van der Waals surface area contributed by atoms with Gasteiger partial charge >= 0.3 is 0 Å². The fraction of sp³-hybridized carbons (Fsp3) is 0.200. The Morgan fingerprint density at radius 1 is 0.731 bits per heavy atom. The average molecular weight is 340 g/mol. The summed E-state index contributed by atoms with van der Waals surface area (Å²) in [5, 5.41) is 4.82. The first-order valence-corrected chi connectivity index (χ1v) is 9.49. The van der Waals surface area contributed by atoms with E-state index < -0.39 is 0 Å². The number of benzene rings is 4. The molecule has 0 aliphatic rings. The zero-order chi connectivity index (χ0) is 17.8. The van der Waals surface area contributed by atoms with Crippen LogP contribution in [0.15, 0.2) is 84.9 Å². The molecule has 4 rings (SSSR count). The van der Waals surface area contributed by atoms with Gasteiger partial charge in [-0.25, -0.2) is 0 Å². The van der Waals surface area contributed by atoms with E-state index >= 15 is 0 Å². The third-order valence-corrected chi connectivity index (χ3v) is 4.97. The maximum Gasteiger partial charge on any atom is 0.135 e. The minimum atomic E-state index is 0.0744. The lowest BCUT2D eigenvalue weighted by Gasteiger charge is -2.22. The van der Waals surface area contributed by atoms with Crippen molar-refractivity contribution >= 4 is 21.5 Å². The van der Waals surface area contributed by atoms with Crippen LogP contribution in [0, 0.1) is 0 Å². The lowest BCUT2D eigenvalue weighted by molar-refractivity contribution is 0.196. The predicted octanol–water partition coefficient (Wildman–Crippen LogP) is 7.30. The Kier molecular flexibility index (Phi) is 4.88. The topological polar surface area (TPSA) is 9.23 Å². The van der Waals surface area contributed by atoms with E-state index in [1.54, 1.807) is 0 Å². The summed E-state index contributed by atoms with van der Waals surface area (Å²) in [5.41, 5.74) is 1.25. The molecule has 0 aliphatic heterocycles. The molecule has 0 heterocycles. The first-order chi connectivity index (χ1) is 12.9. The summed E-state index contributed by atoms with van der Waals surface area (Å²) in [5.74, 6) is 1.00. The van der Waals surface area contributed by atoms with E-state index in [1.807, 2.05) is 0 Å². The van der Waals surface area contributed by atoms with Gasteiger partial charge in [-0.2, -0.15) is 0 Å². The predicted molar refractivity (Wildman–Crippen MR) is 111 cm³/mol. The Morgan fingerprint density at radius 2 is 1.31 bits per heavy atom. The van der Waals surface area contributed by atoms with Crippen molar-refractivity contribution in [1.29, 1.82) is 0 Å². The molecular formula is C25H24O. The van der Waals surface area contributed by atoms with Gasteiger partial charge in [0, 0.05) is 10.8 Å². The van der Waals surface area contributed by atoms with Crippen molar-refractivity contribution in [1.82, 2.24) is 0 Å². The molecule has 0 saturated carbocycles. The number of hydrogen-bond donors (Lipinski definition) is 0. The molecule has 0 fully saturated rings. The summed E-state index contributed by atoms with van der Waals surface area (Å²) < 4.78 is 6.73. The third-order valence-electron chi connectivity index (χ3n) is 4.97. The molecule has 4 aromatic rings. The van der Waals surface area contributed by atoms with Gasteiger partial charge in [0.25, 0.3) is 0 Å². The van der Waals surface area contributed by atoms with Crippen molar-refractivity contribution in [3.8, 4) is 5.75 Å². The van der Waals surface area contributed by atoms with Crippen molar-refractivity contribution in [3.63, 3.8) is 0 Å². The fourth-order valence-electron chi connectivity index (χ4n) is 3.59. The highest BCUT2D eigenvalue weighted by molar-refractivity contribution is 6.05. The molecule has 1 atom stereocenters. The molecule has 0 N–H and O–H groups in total. The van der Waals surface area contributed by atoms with Gasteiger partial charge in [-0.1, -0.05) is 92.2 Å². The zero-order valence-electron chi connectivity index (χ0n) is 15.2. The monoisotopic (exact) mass is 340 g/mol. The number of rotatable bonds is 6.